The average molecular weight is 310 g/mol. The van der Waals surface area contributed by atoms with Crippen LogP contribution in [0.3, 0.4) is 0 Å². The van der Waals surface area contributed by atoms with Gasteiger partial charge in [0.25, 0.3) is 5.91 Å². The second-order valence-corrected chi connectivity index (χ2v) is 7.60. The molecule has 6 heteroatoms. The van der Waals surface area contributed by atoms with Gasteiger partial charge >= 0.3 is 0 Å². The summed E-state index contributed by atoms with van der Waals surface area (Å²) >= 11 is 0. The number of sulfonamides is 1. The Balaban J connectivity index is 2.30. The standard InChI is InChI=1S/C15H22N2O3S/c1-5-10(2)16-15(18)12-6-7-14-13(9-12)8-11(3)17(14)21(4,19)20/h6-7,9-11H,5,8H2,1-4H3,(H,16,18)/t10-,11+/m1/s1. The minimum atomic E-state index is -3.29. The monoisotopic (exact) mass is 310 g/mol. The van der Waals surface area contributed by atoms with E-state index in [9.17, 15) is 13.2 Å². The second-order valence-electron chi connectivity index (χ2n) is 5.74. The van der Waals surface area contributed by atoms with Crippen molar-refractivity contribution in [3.63, 3.8) is 0 Å². The Kier molecular flexibility index (Phi) is 4.27. The highest BCUT2D eigenvalue weighted by atomic mass is 32.2. The molecule has 1 amide bonds. The van der Waals surface area contributed by atoms with Gasteiger partial charge in [0.15, 0.2) is 0 Å². The predicted molar refractivity (Wildman–Crippen MR) is 84.2 cm³/mol. The quantitative estimate of drug-likeness (QED) is 0.924. The summed E-state index contributed by atoms with van der Waals surface area (Å²) < 4.78 is 25.1. The molecule has 0 spiro atoms. The number of nitrogens with zero attached hydrogens (tertiary/aromatic N) is 1. The van der Waals surface area contributed by atoms with Gasteiger partial charge in [0.1, 0.15) is 0 Å². The fourth-order valence-electron chi connectivity index (χ4n) is 2.66. The number of nitrogens with one attached hydrogen (secondary N) is 1. The Morgan fingerprint density at radius 2 is 2.14 bits per heavy atom. The molecule has 1 aliphatic heterocycles. The molecule has 0 saturated heterocycles. The number of hydrogen-bond donors (Lipinski definition) is 1. The van der Waals surface area contributed by atoms with E-state index in [1.165, 1.54) is 10.6 Å². The minimum absolute atomic E-state index is 0.108. The molecule has 0 unspecified atom stereocenters. The van der Waals surface area contributed by atoms with Crippen LogP contribution in [0, 0.1) is 0 Å². The molecule has 1 aromatic carbocycles. The lowest BCUT2D eigenvalue weighted by atomic mass is 10.1. The van der Waals surface area contributed by atoms with E-state index in [1.54, 1.807) is 18.2 Å². The van der Waals surface area contributed by atoms with E-state index >= 15 is 0 Å². The van der Waals surface area contributed by atoms with E-state index in [0.29, 0.717) is 17.7 Å². The maximum atomic E-state index is 12.1. The number of anilines is 1. The van der Waals surface area contributed by atoms with E-state index in [2.05, 4.69) is 5.32 Å². The van der Waals surface area contributed by atoms with Crippen molar-refractivity contribution >= 4 is 21.6 Å². The Bertz CT molecular complexity index is 655. The molecule has 116 valence electrons. The van der Waals surface area contributed by atoms with Gasteiger partial charge in [-0.3, -0.25) is 9.10 Å². The summed E-state index contributed by atoms with van der Waals surface area (Å²) in [6.07, 6.45) is 2.71. The molecular formula is C15H22N2O3S. The molecule has 1 heterocycles. The van der Waals surface area contributed by atoms with Crippen molar-refractivity contribution in [1.29, 1.82) is 0 Å². The van der Waals surface area contributed by atoms with Crippen LogP contribution in [0.4, 0.5) is 5.69 Å². The fraction of sp³-hybridized carbons (Fsp3) is 0.533. The lowest BCUT2D eigenvalue weighted by molar-refractivity contribution is 0.0939. The van der Waals surface area contributed by atoms with Crippen LogP contribution < -0.4 is 9.62 Å². The molecule has 0 bridgehead atoms. The Morgan fingerprint density at radius 3 is 2.71 bits per heavy atom. The predicted octanol–water partition coefficient (Wildman–Crippen LogP) is 1.93. The maximum absolute atomic E-state index is 12.1. The van der Waals surface area contributed by atoms with Crippen LogP contribution in [0.1, 0.15) is 43.1 Å². The zero-order valence-corrected chi connectivity index (χ0v) is 13.7. The molecule has 0 saturated carbocycles. The first kappa shape index (κ1) is 15.8. The van der Waals surface area contributed by atoms with Crippen molar-refractivity contribution in [3.05, 3.63) is 29.3 Å². The number of benzene rings is 1. The highest BCUT2D eigenvalue weighted by Gasteiger charge is 2.32. The van der Waals surface area contributed by atoms with Crippen LogP contribution >= 0.6 is 0 Å². The van der Waals surface area contributed by atoms with Crippen molar-refractivity contribution in [2.24, 2.45) is 0 Å². The van der Waals surface area contributed by atoms with Crippen molar-refractivity contribution in [3.8, 4) is 0 Å². The van der Waals surface area contributed by atoms with E-state index in [1.807, 2.05) is 20.8 Å². The first-order chi connectivity index (χ1) is 9.74. The van der Waals surface area contributed by atoms with E-state index < -0.39 is 10.0 Å². The second kappa shape index (κ2) is 5.67. The molecule has 1 aliphatic rings. The van der Waals surface area contributed by atoms with Crippen LogP contribution in [0.15, 0.2) is 18.2 Å². The van der Waals surface area contributed by atoms with E-state index in [4.69, 9.17) is 0 Å². The summed E-state index contributed by atoms with van der Waals surface area (Å²) in [5.74, 6) is -0.113. The topological polar surface area (TPSA) is 66.5 Å². The van der Waals surface area contributed by atoms with Gasteiger partial charge in [0.2, 0.25) is 10.0 Å². The van der Waals surface area contributed by atoms with Crippen molar-refractivity contribution in [2.75, 3.05) is 10.6 Å². The average Bonchev–Trinajstić information content (AvgIpc) is 2.72. The zero-order chi connectivity index (χ0) is 15.8. The van der Waals surface area contributed by atoms with Crippen molar-refractivity contribution in [2.45, 2.75) is 45.7 Å². The summed E-state index contributed by atoms with van der Waals surface area (Å²) in [7, 11) is -3.29. The molecule has 2 atom stereocenters. The molecular weight excluding hydrogens is 288 g/mol. The van der Waals surface area contributed by atoms with Crippen LogP contribution in [0.5, 0.6) is 0 Å². The van der Waals surface area contributed by atoms with Gasteiger partial charge in [-0.05, 0) is 50.5 Å². The molecule has 0 radical (unpaired) electrons. The van der Waals surface area contributed by atoms with Gasteiger partial charge < -0.3 is 5.32 Å². The third-order valence-electron chi connectivity index (χ3n) is 3.84. The van der Waals surface area contributed by atoms with Crippen LogP contribution in [0.25, 0.3) is 0 Å². The normalized spacial score (nSPS) is 19.2. The third-order valence-corrected chi connectivity index (χ3v) is 5.11. The van der Waals surface area contributed by atoms with E-state index in [-0.39, 0.29) is 18.0 Å². The summed E-state index contributed by atoms with van der Waals surface area (Å²) in [4.78, 5) is 12.1. The largest absolute Gasteiger partial charge is 0.350 e. The van der Waals surface area contributed by atoms with Gasteiger partial charge in [-0.1, -0.05) is 6.92 Å². The summed E-state index contributed by atoms with van der Waals surface area (Å²) in [6.45, 7) is 5.85. The summed E-state index contributed by atoms with van der Waals surface area (Å²) in [5, 5.41) is 2.92. The number of amides is 1. The van der Waals surface area contributed by atoms with Crippen LogP contribution in [-0.2, 0) is 16.4 Å². The molecule has 1 aromatic rings. The number of carbonyl (C=O) groups excluding carboxylic acids is 1. The number of carbonyl (C=O) groups is 1. The van der Waals surface area contributed by atoms with E-state index in [0.717, 1.165) is 12.0 Å². The minimum Gasteiger partial charge on any atom is -0.350 e. The summed E-state index contributed by atoms with van der Waals surface area (Å²) in [6, 6.07) is 5.23. The number of rotatable bonds is 4. The molecule has 5 nitrogen and oxygen atoms in total. The zero-order valence-electron chi connectivity index (χ0n) is 12.9. The molecule has 0 aliphatic carbocycles. The molecule has 0 aromatic heterocycles. The van der Waals surface area contributed by atoms with Crippen LogP contribution in [0.2, 0.25) is 0 Å². The fourth-order valence-corrected chi connectivity index (χ4v) is 3.92. The number of hydrogen-bond acceptors (Lipinski definition) is 3. The van der Waals surface area contributed by atoms with Gasteiger partial charge in [-0.2, -0.15) is 0 Å². The lowest BCUT2D eigenvalue weighted by Crippen LogP contribution is -2.34. The van der Waals surface area contributed by atoms with Gasteiger partial charge in [0, 0.05) is 17.6 Å². The van der Waals surface area contributed by atoms with Gasteiger partial charge in [-0.15, -0.1) is 0 Å². The van der Waals surface area contributed by atoms with Crippen LogP contribution in [-0.4, -0.2) is 32.7 Å². The smallest absolute Gasteiger partial charge is 0.251 e. The molecule has 21 heavy (non-hydrogen) atoms. The first-order valence-corrected chi connectivity index (χ1v) is 9.02. The Hall–Kier alpha value is -1.56. The van der Waals surface area contributed by atoms with Gasteiger partial charge in [0.05, 0.1) is 11.9 Å². The highest BCUT2D eigenvalue weighted by Crippen LogP contribution is 2.34. The number of fused-ring (bicyclic) bond motifs is 1. The first-order valence-electron chi connectivity index (χ1n) is 7.17. The lowest BCUT2D eigenvalue weighted by Gasteiger charge is -2.22. The third kappa shape index (κ3) is 3.20. The Labute approximate surface area is 126 Å². The molecule has 1 N–H and O–H groups in total. The van der Waals surface area contributed by atoms with Crippen molar-refractivity contribution in [1.82, 2.24) is 5.32 Å². The Morgan fingerprint density at radius 1 is 1.48 bits per heavy atom. The summed E-state index contributed by atoms with van der Waals surface area (Å²) in [5.41, 5.74) is 2.17. The highest BCUT2D eigenvalue weighted by molar-refractivity contribution is 7.92. The molecule has 0 fully saturated rings. The SMILES string of the molecule is CC[C@@H](C)NC(=O)c1ccc2c(c1)C[C@H](C)N2S(C)(=O)=O. The van der Waals surface area contributed by atoms with Crippen molar-refractivity contribution < 1.29 is 13.2 Å². The van der Waals surface area contributed by atoms with Gasteiger partial charge in [-0.25, -0.2) is 8.42 Å². The maximum Gasteiger partial charge on any atom is 0.251 e. The molecule has 2 rings (SSSR count).